The molecule has 0 spiro atoms. The highest BCUT2D eigenvalue weighted by Crippen LogP contribution is 2.15. The smallest absolute Gasteiger partial charge is 0.333 e. The SMILES string of the molecule is O=C(O)[C@@H](O)C1C=CC=CC1. The normalized spacial score (nSPS) is 25.0. The van der Waals surface area contributed by atoms with Crippen molar-refractivity contribution >= 4 is 5.97 Å². The number of carboxylic acid groups (broad SMARTS) is 1. The molecule has 0 bridgehead atoms. The summed E-state index contributed by atoms with van der Waals surface area (Å²) in [6, 6.07) is 0. The van der Waals surface area contributed by atoms with Gasteiger partial charge in [0.1, 0.15) is 0 Å². The highest BCUT2D eigenvalue weighted by atomic mass is 16.4. The third-order valence-electron chi connectivity index (χ3n) is 1.67. The number of allylic oxidation sites excluding steroid dienone is 3. The van der Waals surface area contributed by atoms with E-state index in [0.29, 0.717) is 6.42 Å². The van der Waals surface area contributed by atoms with Crippen LogP contribution in [0, 0.1) is 5.92 Å². The molecule has 1 rings (SSSR count). The van der Waals surface area contributed by atoms with Gasteiger partial charge in [-0.3, -0.25) is 0 Å². The number of aliphatic hydroxyl groups excluding tert-OH is 1. The first kappa shape index (κ1) is 8.01. The summed E-state index contributed by atoms with van der Waals surface area (Å²) in [5.41, 5.74) is 0. The molecule has 0 heterocycles. The van der Waals surface area contributed by atoms with Gasteiger partial charge < -0.3 is 10.2 Å². The second kappa shape index (κ2) is 3.34. The molecular formula is C8H10O3. The molecule has 11 heavy (non-hydrogen) atoms. The monoisotopic (exact) mass is 154 g/mol. The molecule has 0 amide bonds. The third-order valence-corrected chi connectivity index (χ3v) is 1.67. The zero-order chi connectivity index (χ0) is 8.27. The summed E-state index contributed by atoms with van der Waals surface area (Å²) in [6.07, 6.45) is 6.47. The lowest BCUT2D eigenvalue weighted by Gasteiger charge is -2.15. The van der Waals surface area contributed by atoms with Crippen molar-refractivity contribution in [1.29, 1.82) is 0 Å². The summed E-state index contributed by atoms with van der Waals surface area (Å²) >= 11 is 0. The van der Waals surface area contributed by atoms with E-state index in [-0.39, 0.29) is 5.92 Å². The van der Waals surface area contributed by atoms with Gasteiger partial charge in [0.05, 0.1) is 0 Å². The number of rotatable bonds is 2. The molecular weight excluding hydrogens is 144 g/mol. The average molecular weight is 154 g/mol. The molecule has 1 aliphatic rings. The summed E-state index contributed by atoms with van der Waals surface area (Å²) in [6.45, 7) is 0. The highest BCUT2D eigenvalue weighted by molar-refractivity contribution is 5.72. The van der Waals surface area contributed by atoms with E-state index in [0.717, 1.165) is 0 Å². The minimum atomic E-state index is -1.27. The van der Waals surface area contributed by atoms with Crippen molar-refractivity contribution in [3.05, 3.63) is 24.3 Å². The van der Waals surface area contributed by atoms with Gasteiger partial charge in [0.25, 0.3) is 0 Å². The molecule has 2 atom stereocenters. The zero-order valence-corrected chi connectivity index (χ0v) is 5.97. The van der Waals surface area contributed by atoms with Gasteiger partial charge >= 0.3 is 5.97 Å². The molecule has 0 aromatic rings. The Labute approximate surface area is 64.7 Å². The van der Waals surface area contributed by atoms with Gasteiger partial charge in [-0.15, -0.1) is 0 Å². The lowest BCUT2D eigenvalue weighted by Crippen LogP contribution is -2.28. The molecule has 0 aliphatic heterocycles. The summed E-state index contributed by atoms with van der Waals surface area (Å²) in [5, 5.41) is 17.5. The van der Waals surface area contributed by atoms with E-state index in [9.17, 15) is 4.79 Å². The fourth-order valence-electron chi connectivity index (χ4n) is 1.02. The second-order valence-electron chi connectivity index (χ2n) is 2.50. The molecule has 60 valence electrons. The highest BCUT2D eigenvalue weighted by Gasteiger charge is 2.22. The molecule has 0 saturated heterocycles. The zero-order valence-electron chi connectivity index (χ0n) is 5.97. The van der Waals surface area contributed by atoms with E-state index < -0.39 is 12.1 Å². The van der Waals surface area contributed by atoms with Crippen molar-refractivity contribution in [2.24, 2.45) is 5.92 Å². The van der Waals surface area contributed by atoms with Gasteiger partial charge in [-0.05, 0) is 6.42 Å². The van der Waals surface area contributed by atoms with E-state index >= 15 is 0 Å². The Morgan fingerprint density at radius 3 is 2.73 bits per heavy atom. The van der Waals surface area contributed by atoms with Crippen molar-refractivity contribution in [2.75, 3.05) is 0 Å². The van der Waals surface area contributed by atoms with Crippen molar-refractivity contribution in [2.45, 2.75) is 12.5 Å². The van der Waals surface area contributed by atoms with Crippen LogP contribution in [0.3, 0.4) is 0 Å². The molecule has 1 aliphatic carbocycles. The van der Waals surface area contributed by atoms with E-state index in [1.807, 2.05) is 12.2 Å². The first-order valence-electron chi connectivity index (χ1n) is 3.46. The van der Waals surface area contributed by atoms with Crippen LogP contribution in [0.15, 0.2) is 24.3 Å². The number of carbonyl (C=O) groups is 1. The van der Waals surface area contributed by atoms with Crippen LogP contribution in [-0.2, 0) is 4.79 Å². The van der Waals surface area contributed by atoms with Crippen LogP contribution >= 0.6 is 0 Å². The summed E-state index contributed by atoms with van der Waals surface area (Å²) in [5.74, 6) is -1.42. The average Bonchev–Trinajstić information content (AvgIpc) is 2.05. The van der Waals surface area contributed by atoms with Crippen molar-refractivity contribution < 1.29 is 15.0 Å². The molecule has 0 aromatic carbocycles. The van der Waals surface area contributed by atoms with Gasteiger partial charge in [-0.25, -0.2) is 4.79 Å². The van der Waals surface area contributed by atoms with Crippen LogP contribution in [0.5, 0.6) is 0 Å². The van der Waals surface area contributed by atoms with Crippen LogP contribution in [0.1, 0.15) is 6.42 Å². The maximum absolute atomic E-state index is 10.3. The van der Waals surface area contributed by atoms with Crippen molar-refractivity contribution in [1.82, 2.24) is 0 Å². The molecule has 2 N–H and O–H groups in total. The predicted molar refractivity (Wildman–Crippen MR) is 40.0 cm³/mol. The molecule has 0 radical (unpaired) electrons. The van der Waals surface area contributed by atoms with Crippen molar-refractivity contribution in [3.8, 4) is 0 Å². The fourth-order valence-corrected chi connectivity index (χ4v) is 1.02. The van der Waals surface area contributed by atoms with E-state index in [1.54, 1.807) is 12.2 Å². The number of hydrogen-bond acceptors (Lipinski definition) is 2. The van der Waals surface area contributed by atoms with E-state index in [4.69, 9.17) is 10.2 Å². The van der Waals surface area contributed by atoms with Crippen LogP contribution in [0.25, 0.3) is 0 Å². The largest absolute Gasteiger partial charge is 0.479 e. The van der Waals surface area contributed by atoms with Crippen molar-refractivity contribution in [3.63, 3.8) is 0 Å². The quantitative estimate of drug-likeness (QED) is 0.611. The van der Waals surface area contributed by atoms with Gasteiger partial charge in [0, 0.05) is 5.92 Å². The standard InChI is InChI=1S/C8H10O3/c9-7(8(10)11)6-4-2-1-3-5-6/h1-4,6-7,9H,5H2,(H,10,11)/t6?,7-/m0/s1. The van der Waals surface area contributed by atoms with Gasteiger partial charge in [-0.1, -0.05) is 24.3 Å². The van der Waals surface area contributed by atoms with Crippen LogP contribution in [0.4, 0.5) is 0 Å². The maximum Gasteiger partial charge on any atom is 0.333 e. The predicted octanol–water partition coefficient (Wildman–Crippen LogP) is 0.564. The second-order valence-corrected chi connectivity index (χ2v) is 2.50. The Kier molecular flexibility index (Phi) is 2.44. The topological polar surface area (TPSA) is 57.5 Å². The number of hydrogen-bond donors (Lipinski definition) is 2. The molecule has 1 unspecified atom stereocenters. The lowest BCUT2D eigenvalue weighted by molar-refractivity contribution is -0.148. The Hall–Kier alpha value is -1.09. The fraction of sp³-hybridized carbons (Fsp3) is 0.375. The summed E-state index contributed by atoms with van der Waals surface area (Å²) in [4.78, 5) is 10.3. The molecule has 0 saturated carbocycles. The minimum absolute atomic E-state index is 0.266. The molecule has 0 fully saturated rings. The maximum atomic E-state index is 10.3. The van der Waals surface area contributed by atoms with Crippen LogP contribution in [-0.4, -0.2) is 22.3 Å². The number of carboxylic acids is 1. The first-order chi connectivity index (χ1) is 5.22. The van der Waals surface area contributed by atoms with Gasteiger partial charge in [0.2, 0.25) is 0 Å². The first-order valence-corrected chi connectivity index (χ1v) is 3.46. The Bertz CT molecular complexity index is 205. The molecule has 3 heteroatoms. The number of aliphatic hydroxyl groups is 1. The van der Waals surface area contributed by atoms with Crippen LogP contribution < -0.4 is 0 Å². The number of aliphatic carboxylic acids is 1. The van der Waals surface area contributed by atoms with Gasteiger partial charge in [0.15, 0.2) is 6.10 Å². The van der Waals surface area contributed by atoms with Crippen LogP contribution in [0.2, 0.25) is 0 Å². The third kappa shape index (κ3) is 1.91. The summed E-state index contributed by atoms with van der Waals surface area (Å²) < 4.78 is 0. The minimum Gasteiger partial charge on any atom is -0.479 e. The lowest BCUT2D eigenvalue weighted by atomic mass is 9.95. The summed E-state index contributed by atoms with van der Waals surface area (Å²) in [7, 11) is 0. The Morgan fingerprint density at radius 2 is 2.27 bits per heavy atom. The molecule has 3 nitrogen and oxygen atoms in total. The Morgan fingerprint density at radius 1 is 1.55 bits per heavy atom. The molecule has 0 aromatic heterocycles. The van der Waals surface area contributed by atoms with E-state index in [1.165, 1.54) is 0 Å². The van der Waals surface area contributed by atoms with Gasteiger partial charge in [-0.2, -0.15) is 0 Å². The van der Waals surface area contributed by atoms with E-state index in [2.05, 4.69) is 0 Å². The Balaban J connectivity index is 2.55.